The van der Waals surface area contributed by atoms with E-state index in [9.17, 15) is 9.59 Å². The van der Waals surface area contributed by atoms with Gasteiger partial charge >= 0.3 is 0 Å². The fraction of sp³-hybridized carbons (Fsp3) is 0.292. The maximum atomic E-state index is 13.0. The molecule has 162 valence electrons. The lowest BCUT2D eigenvalue weighted by atomic mass is 10.2. The summed E-state index contributed by atoms with van der Waals surface area (Å²) in [6, 6.07) is 15.2. The lowest BCUT2D eigenvalue weighted by molar-refractivity contribution is -0.115. The molecule has 5 rings (SSSR count). The Morgan fingerprint density at radius 2 is 1.88 bits per heavy atom. The van der Waals surface area contributed by atoms with Crippen molar-refractivity contribution in [2.75, 3.05) is 5.32 Å². The molecule has 0 atom stereocenters. The molecular weight excluding hydrogens is 406 g/mol. The van der Waals surface area contributed by atoms with Gasteiger partial charge in [0.2, 0.25) is 11.8 Å². The van der Waals surface area contributed by atoms with Crippen LogP contribution in [-0.2, 0) is 24.1 Å². The number of hydrogen-bond donors (Lipinski definition) is 1. The van der Waals surface area contributed by atoms with E-state index in [1.54, 1.807) is 0 Å². The molecule has 1 aliphatic carbocycles. The van der Waals surface area contributed by atoms with Crippen molar-refractivity contribution in [2.45, 2.75) is 45.1 Å². The smallest absolute Gasteiger partial charge is 0.261 e. The number of benzene rings is 2. The zero-order chi connectivity index (χ0) is 22.1. The van der Waals surface area contributed by atoms with Gasteiger partial charge in [0.1, 0.15) is 5.82 Å². The number of hydrogen-bond acceptors (Lipinski definition) is 6. The van der Waals surface area contributed by atoms with Gasteiger partial charge in [-0.2, -0.15) is 4.98 Å². The summed E-state index contributed by atoms with van der Waals surface area (Å²) >= 11 is 0. The topological polar surface area (TPSA) is 103 Å². The molecule has 1 saturated carbocycles. The van der Waals surface area contributed by atoms with Crippen molar-refractivity contribution >= 4 is 22.5 Å². The fourth-order valence-corrected chi connectivity index (χ4v) is 3.75. The Morgan fingerprint density at radius 3 is 2.66 bits per heavy atom. The van der Waals surface area contributed by atoms with Gasteiger partial charge in [-0.1, -0.05) is 35.0 Å². The molecule has 1 N–H and O–H groups in total. The molecule has 0 spiro atoms. The summed E-state index contributed by atoms with van der Waals surface area (Å²) < 4.78 is 7.14. The van der Waals surface area contributed by atoms with Crippen LogP contribution in [0.3, 0.4) is 0 Å². The minimum absolute atomic E-state index is 0.00657. The minimum atomic E-state index is -0.208. The van der Waals surface area contributed by atoms with E-state index in [2.05, 4.69) is 15.5 Å². The summed E-state index contributed by atoms with van der Waals surface area (Å²) in [7, 11) is 0. The van der Waals surface area contributed by atoms with E-state index >= 15 is 0 Å². The van der Waals surface area contributed by atoms with Gasteiger partial charge in [-0.3, -0.25) is 14.2 Å². The van der Waals surface area contributed by atoms with Crippen LogP contribution in [-0.4, -0.2) is 25.6 Å². The number of carbonyl (C=O) groups is 1. The molecule has 0 unspecified atom stereocenters. The summed E-state index contributed by atoms with van der Waals surface area (Å²) in [5, 5.41) is 7.39. The predicted molar refractivity (Wildman–Crippen MR) is 119 cm³/mol. The lowest BCUT2D eigenvalue weighted by Crippen LogP contribution is -2.25. The van der Waals surface area contributed by atoms with Crippen molar-refractivity contribution in [1.29, 1.82) is 0 Å². The third-order valence-corrected chi connectivity index (χ3v) is 5.52. The molecule has 8 nitrogen and oxygen atoms in total. The Labute approximate surface area is 184 Å². The lowest BCUT2D eigenvalue weighted by Gasteiger charge is -2.12. The van der Waals surface area contributed by atoms with E-state index in [4.69, 9.17) is 9.51 Å². The Morgan fingerprint density at radius 1 is 1.09 bits per heavy atom. The average molecular weight is 429 g/mol. The number of fused-ring (bicyclic) bond motifs is 1. The standard InChI is InChI=1S/C24H23N5O3/c1-15-6-8-16(9-7-15)25-22(30)14-20-27-23(32-28-20)13-12-21-26-19-5-3-2-4-18(19)24(31)29(21)17-10-11-17/h2-9,17H,10-14H2,1H3,(H,25,30). The quantitative estimate of drug-likeness (QED) is 0.483. The molecule has 32 heavy (non-hydrogen) atoms. The summed E-state index contributed by atoms with van der Waals surface area (Å²) in [5.41, 5.74) is 2.55. The Bertz CT molecular complexity index is 1340. The molecule has 2 aromatic heterocycles. The second-order valence-electron chi connectivity index (χ2n) is 8.15. The third kappa shape index (κ3) is 4.30. The van der Waals surface area contributed by atoms with Crippen LogP contribution in [0.2, 0.25) is 0 Å². The van der Waals surface area contributed by atoms with Crippen molar-refractivity contribution < 1.29 is 9.32 Å². The molecule has 2 aromatic carbocycles. The third-order valence-electron chi connectivity index (χ3n) is 5.52. The molecule has 1 amide bonds. The molecule has 1 fully saturated rings. The fourth-order valence-electron chi connectivity index (χ4n) is 3.75. The van der Waals surface area contributed by atoms with Crippen molar-refractivity contribution in [1.82, 2.24) is 19.7 Å². The average Bonchev–Trinajstić information content (AvgIpc) is 3.52. The van der Waals surface area contributed by atoms with Crippen LogP contribution in [0, 0.1) is 6.92 Å². The van der Waals surface area contributed by atoms with Crippen molar-refractivity contribution in [3.8, 4) is 0 Å². The van der Waals surface area contributed by atoms with Crippen molar-refractivity contribution in [3.05, 3.63) is 82.0 Å². The zero-order valence-electron chi connectivity index (χ0n) is 17.7. The second-order valence-corrected chi connectivity index (χ2v) is 8.15. The number of nitrogens with zero attached hydrogens (tertiary/aromatic N) is 4. The predicted octanol–water partition coefficient (Wildman–Crippen LogP) is 3.39. The van der Waals surface area contributed by atoms with E-state index in [1.807, 2.05) is 60.0 Å². The van der Waals surface area contributed by atoms with Gasteiger partial charge in [-0.05, 0) is 44.0 Å². The highest BCUT2D eigenvalue weighted by Crippen LogP contribution is 2.34. The van der Waals surface area contributed by atoms with E-state index in [1.165, 1.54) is 0 Å². The van der Waals surface area contributed by atoms with Crippen LogP contribution in [0.5, 0.6) is 0 Å². The molecule has 0 bridgehead atoms. The molecule has 4 aromatic rings. The van der Waals surface area contributed by atoms with Gasteiger partial charge in [-0.25, -0.2) is 4.98 Å². The van der Waals surface area contributed by atoms with Gasteiger partial charge in [-0.15, -0.1) is 0 Å². The SMILES string of the molecule is Cc1ccc(NC(=O)Cc2noc(CCc3nc4ccccc4c(=O)n3C3CC3)n2)cc1. The van der Waals surface area contributed by atoms with E-state index in [0.717, 1.165) is 29.9 Å². The van der Waals surface area contributed by atoms with Gasteiger partial charge in [0.15, 0.2) is 5.82 Å². The highest BCUT2D eigenvalue weighted by molar-refractivity contribution is 5.91. The Hall–Kier alpha value is -3.81. The van der Waals surface area contributed by atoms with Crippen LogP contribution in [0.15, 0.2) is 57.8 Å². The van der Waals surface area contributed by atoms with Crippen molar-refractivity contribution in [2.24, 2.45) is 0 Å². The van der Waals surface area contributed by atoms with Crippen LogP contribution >= 0.6 is 0 Å². The first kappa shape index (κ1) is 20.1. The van der Waals surface area contributed by atoms with Gasteiger partial charge in [0.05, 0.1) is 17.3 Å². The first-order valence-electron chi connectivity index (χ1n) is 10.7. The monoisotopic (exact) mass is 429 g/mol. The number of aromatic nitrogens is 4. The van der Waals surface area contributed by atoms with Crippen LogP contribution in [0.1, 0.15) is 42.0 Å². The van der Waals surface area contributed by atoms with Crippen LogP contribution < -0.4 is 10.9 Å². The van der Waals surface area contributed by atoms with E-state index < -0.39 is 0 Å². The van der Waals surface area contributed by atoms with Gasteiger partial charge < -0.3 is 9.84 Å². The molecule has 0 aliphatic heterocycles. The number of carbonyl (C=O) groups excluding carboxylic acids is 1. The Balaban J connectivity index is 1.27. The number of nitrogens with one attached hydrogen (secondary N) is 1. The normalized spacial score (nSPS) is 13.4. The molecule has 0 radical (unpaired) electrons. The maximum absolute atomic E-state index is 13.0. The summed E-state index contributed by atoms with van der Waals surface area (Å²) in [5.74, 6) is 1.27. The van der Waals surface area contributed by atoms with Crippen molar-refractivity contribution in [3.63, 3.8) is 0 Å². The highest BCUT2D eigenvalue weighted by atomic mass is 16.5. The van der Waals surface area contributed by atoms with E-state index in [0.29, 0.717) is 35.5 Å². The zero-order valence-corrected chi connectivity index (χ0v) is 17.7. The largest absolute Gasteiger partial charge is 0.339 e. The number of para-hydroxylation sites is 1. The second kappa shape index (κ2) is 8.37. The molecule has 8 heteroatoms. The number of anilines is 1. The molecule has 1 aliphatic rings. The Kier molecular flexibility index (Phi) is 5.26. The van der Waals surface area contributed by atoms with Crippen LogP contribution in [0.25, 0.3) is 10.9 Å². The van der Waals surface area contributed by atoms with Gasteiger partial charge in [0.25, 0.3) is 5.56 Å². The highest BCUT2D eigenvalue weighted by Gasteiger charge is 2.28. The first-order chi connectivity index (χ1) is 15.6. The summed E-state index contributed by atoms with van der Waals surface area (Å²) in [6.07, 6.45) is 2.97. The molecular formula is C24H23N5O3. The molecule has 2 heterocycles. The number of amides is 1. The summed E-state index contributed by atoms with van der Waals surface area (Å²) in [4.78, 5) is 34.3. The van der Waals surface area contributed by atoms with Gasteiger partial charge in [0, 0.05) is 24.6 Å². The first-order valence-corrected chi connectivity index (χ1v) is 10.7. The summed E-state index contributed by atoms with van der Waals surface area (Å²) in [6.45, 7) is 1.99. The number of rotatable bonds is 7. The molecule has 0 saturated heterocycles. The number of aryl methyl sites for hydroxylation is 3. The van der Waals surface area contributed by atoms with E-state index in [-0.39, 0.29) is 23.9 Å². The minimum Gasteiger partial charge on any atom is -0.339 e. The maximum Gasteiger partial charge on any atom is 0.261 e. The van der Waals surface area contributed by atoms with Crippen LogP contribution in [0.4, 0.5) is 5.69 Å².